The quantitative estimate of drug-likeness (QED) is 0.717. The molecule has 0 bridgehead atoms. The highest BCUT2D eigenvalue weighted by molar-refractivity contribution is 4.99. The van der Waals surface area contributed by atoms with Crippen molar-refractivity contribution in [2.75, 3.05) is 0 Å². The summed E-state index contributed by atoms with van der Waals surface area (Å²) in [5.74, 6) is 0.951. The average Bonchev–Trinajstić information content (AvgIpc) is 2.83. The minimum Gasteiger partial charge on any atom is -0.311 e. The zero-order valence-electron chi connectivity index (χ0n) is 11.8. The van der Waals surface area contributed by atoms with Gasteiger partial charge in [0.25, 0.3) is 0 Å². The van der Waals surface area contributed by atoms with Crippen LogP contribution in [0.25, 0.3) is 0 Å². The minimum absolute atomic E-state index is 0.555. The van der Waals surface area contributed by atoms with E-state index in [1.54, 1.807) is 0 Å². The lowest BCUT2D eigenvalue weighted by Gasteiger charge is -2.39. The second kappa shape index (κ2) is 5.56. The first-order valence-corrected chi connectivity index (χ1v) is 7.53. The Morgan fingerprint density at radius 1 is 1.00 bits per heavy atom. The Bertz CT molecular complexity index is 251. The van der Waals surface area contributed by atoms with Crippen LogP contribution >= 0.6 is 0 Å². The van der Waals surface area contributed by atoms with Gasteiger partial charge in [-0.2, -0.15) is 0 Å². The highest BCUT2D eigenvalue weighted by Crippen LogP contribution is 2.40. The van der Waals surface area contributed by atoms with Crippen LogP contribution in [0.1, 0.15) is 65.7 Å². The Labute approximate surface area is 107 Å². The van der Waals surface area contributed by atoms with E-state index in [4.69, 9.17) is 0 Å². The van der Waals surface area contributed by atoms with Gasteiger partial charge in [0.1, 0.15) is 0 Å². The highest BCUT2D eigenvalue weighted by Gasteiger charge is 2.32. The Balaban J connectivity index is 1.74. The molecule has 2 rings (SSSR count). The van der Waals surface area contributed by atoms with Crippen molar-refractivity contribution in [2.24, 2.45) is 11.3 Å². The molecule has 1 heteroatoms. The lowest BCUT2D eigenvalue weighted by Crippen LogP contribution is -2.41. The van der Waals surface area contributed by atoms with Gasteiger partial charge in [-0.3, -0.25) is 0 Å². The molecule has 0 unspecified atom stereocenters. The highest BCUT2D eigenvalue weighted by atomic mass is 15.0. The van der Waals surface area contributed by atoms with E-state index in [-0.39, 0.29) is 0 Å². The Hall–Kier alpha value is -0.300. The molecule has 0 heterocycles. The Kier molecular flexibility index (Phi) is 4.30. The van der Waals surface area contributed by atoms with E-state index in [0.29, 0.717) is 5.41 Å². The van der Waals surface area contributed by atoms with Crippen LogP contribution < -0.4 is 5.32 Å². The van der Waals surface area contributed by atoms with Gasteiger partial charge in [-0.05, 0) is 49.9 Å². The van der Waals surface area contributed by atoms with Gasteiger partial charge in [-0.1, -0.05) is 39.3 Å². The van der Waals surface area contributed by atoms with Gasteiger partial charge in [0, 0.05) is 12.1 Å². The van der Waals surface area contributed by atoms with Crippen molar-refractivity contribution in [2.45, 2.75) is 77.8 Å². The predicted molar refractivity (Wildman–Crippen MR) is 75.1 cm³/mol. The van der Waals surface area contributed by atoms with E-state index in [1.807, 2.05) is 0 Å². The second-order valence-electron chi connectivity index (χ2n) is 6.70. The molecule has 0 atom stereocenters. The fraction of sp³-hybridized carbons (Fsp3) is 0.875. The van der Waals surface area contributed by atoms with E-state index in [9.17, 15) is 0 Å². The number of nitrogens with one attached hydrogen (secondary N) is 1. The summed E-state index contributed by atoms with van der Waals surface area (Å²) in [5.41, 5.74) is 0.555. The second-order valence-corrected chi connectivity index (χ2v) is 6.70. The smallest absolute Gasteiger partial charge is 0.0139 e. The van der Waals surface area contributed by atoms with Gasteiger partial charge >= 0.3 is 0 Å². The van der Waals surface area contributed by atoms with Crippen LogP contribution in [0.4, 0.5) is 0 Å². The molecule has 0 aliphatic heterocycles. The molecule has 98 valence electrons. The van der Waals surface area contributed by atoms with Gasteiger partial charge in [-0.15, -0.1) is 0 Å². The zero-order chi connectivity index (χ0) is 12.3. The molecule has 0 saturated heterocycles. The van der Waals surface area contributed by atoms with Gasteiger partial charge in [0.05, 0.1) is 0 Å². The average molecular weight is 235 g/mol. The molecule has 0 aromatic heterocycles. The summed E-state index contributed by atoms with van der Waals surface area (Å²) in [6.45, 7) is 7.24. The monoisotopic (exact) mass is 235 g/mol. The maximum absolute atomic E-state index is 3.85. The topological polar surface area (TPSA) is 12.0 Å². The molecule has 0 aromatic carbocycles. The van der Waals surface area contributed by atoms with E-state index in [1.165, 1.54) is 44.9 Å². The fourth-order valence-electron chi connectivity index (χ4n) is 3.42. The Morgan fingerprint density at radius 3 is 2.12 bits per heavy atom. The van der Waals surface area contributed by atoms with Crippen molar-refractivity contribution < 1.29 is 0 Å². The SMILES string of the molecule is CCC(C)(C)C1CCC(NC2CC=CC2)CC1. The van der Waals surface area contributed by atoms with Gasteiger partial charge < -0.3 is 5.32 Å². The third kappa shape index (κ3) is 3.34. The maximum Gasteiger partial charge on any atom is 0.0139 e. The van der Waals surface area contributed by atoms with E-state index >= 15 is 0 Å². The van der Waals surface area contributed by atoms with Crippen LogP contribution in [-0.4, -0.2) is 12.1 Å². The molecule has 1 saturated carbocycles. The van der Waals surface area contributed by atoms with Crippen LogP contribution in [0.2, 0.25) is 0 Å². The summed E-state index contributed by atoms with van der Waals surface area (Å²) in [6.07, 6.45) is 14.1. The van der Waals surface area contributed by atoms with Gasteiger partial charge in [0.2, 0.25) is 0 Å². The van der Waals surface area contributed by atoms with Crippen molar-refractivity contribution in [3.8, 4) is 0 Å². The van der Waals surface area contributed by atoms with Crippen LogP contribution in [0.3, 0.4) is 0 Å². The van der Waals surface area contributed by atoms with Crippen LogP contribution in [0.5, 0.6) is 0 Å². The number of hydrogen-bond acceptors (Lipinski definition) is 1. The first-order chi connectivity index (χ1) is 8.12. The first kappa shape index (κ1) is 13.1. The molecule has 0 radical (unpaired) electrons. The summed E-state index contributed by atoms with van der Waals surface area (Å²) < 4.78 is 0. The molecule has 1 fully saturated rings. The molecular weight excluding hydrogens is 206 g/mol. The number of rotatable bonds is 4. The number of hydrogen-bond donors (Lipinski definition) is 1. The third-order valence-corrected chi connectivity index (χ3v) is 5.22. The zero-order valence-corrected chi connectivity index (χ0v) is 11.8. The van der Waals surface area contributed by atoms with Crippen molar-refractivity contribution in [3.05, 3.63) is 12.2 Å². The summed E-state index contributed by atoms with van der Waals surface area (Å²) in [6, 6.07) is 1.54. The normalized spacial score (nSPS) is 31.0. The minimum atomic E-state index is 0.555. The summed E-state index contributed by atoms with van der Waals surface area (Å²) in [4.78, 5) is 0. The van der Waals surface area contributed by atoms with Crippen LogP contribution in [-0.2, 0) is 0 Å². The largest absolute Gasteiger partial charge is 0.311 e. The summed E-state index contributed by atoms with van der Waals surface area (Å²) in [7, 11) is 0. The fourth-order valence-corrected chi connectivity index (χ4v) is 3.42. The van der Waals surface area contributed by atoms with Gasteiger partial charge in [-0.25, -0.2) is 0 Å². The Morgan fingerprint density at radius 2 is 1.59 bits per heavy atom. The van der Waals surface area contributed by atoms with Crippen LogP contribution in [0, 0.1) is 11.3 Å². The van der Waals surface area contributed by atoms with Crippen molar-refractivity contribution >= 4 is 0 Å². The molecular formula is C16H29N. The molecule has 1 nitrogen and oxygen atoms in total. The lowest BCUT2D eigenvalue weighted by atomic mass is 9.69. The molecule has 0 aromatic rings. The molecule has 2 aliphatic rings. The summed E-state index contributed by atoms with van der Waals surface area (Å²) in [5, 5.41) is 3.85. The van der Waals surface area contributed by atoms with Crippen molar-refractivity contribution in [1.29, 1.82) is 0 Å². The predicted octanol–water partition coefficient (Wildman–Crippen LogP) is 4.29. The molecule has 0 amide bonds. The van der Waals surface area contributed by atoms with Crippen molar-refractivity contribution in [3.63, 3.8) is 0 Å². The third-order valence-electron chi connectivity index (χ3n) is 5.22. The standard InChI is InChI=1S/C16H29N/c1-4-16(2,3)13-9-11-15(12-10-13)17-14-7-5-6-8-14/h5-6,13-15,17H,4,7-12H2,1-3H3. The maximum atomic E-state index is 3.85. The molecule has 2 aliphatic carbocycles. The lowest BCUT2D eigenvalue weighted by molar-refractivity contribution is 0.134. The van der Waals surface area contributed by atoms with E-state index in [0.717, 1.165) is 18.0 Å². The van der Waals surface area contributed by atoms with Crippen molar-refractivity contribution in [1.82, 2.24) is 5.32 Å². The first-order valence-electron chi connectivity index (χ1n) is 7.53. The van der Waals surface area contributed by atoms with E-state index < -0.39 is 0 Å². The molecule has 0 spiro atoms. The summed E-state index contributed by atoms with van der Waals surface area (Å²) >= 11 is 0. The molecule has 17 heavy (non-hydrogen) atoms. The van der Waals surface area contributed by atoms with Crippen LogP contribution in [0.15, 0.2) is 12.2 Å². The van der Waals surface area contributed by atoms with E-state index in [2.05, 4.69) is 38.2 Å². The van der Waals surface area contributed by atoms with Gasteiger partial charge in [0.15, 0.2) is 0 Å². The molecule has 1 N–H and O–H groups in total.